The molecule has 7 aromatic carbocycles. The summed E-state index contributed by atoms with van der Waals surface area (Å²) < 4.78 is 7.23. The van der Waals surface area contributed by atoms with Gasteiger partial charge in [-0.3, -0.25) is 0 Å². The van der Waals surface area contributed by atoms with Gasteiger partial charge >= 0.3 is 0 Å². The first-order valence-corrected chi connectivity index (χ1v) is 16.1. The third-order valence-electron chi connectivity index (χ3n) is 9.78. The molecule has 0 saturated heterocycles. The van der Waals surface area contributed by atoms with Crippen molar-refractivity contribution in [1.29, 1.82) is 0 Å². The molecule has 0 amide bonds. The van der Waals surface area contributed by atoms with Crippen LogP contribution in [0, 0.1) is 0 Å². The third-order valence-corrected chi connectivity index (χ3v) is 9.78. The summed E-state index contributed by atoms with van der Waals surface area (Å²) in [5, 5.41) is 7.50. The number of benzene rings is 7. The van der Waals surface area contributed by atoms with Crippen molar-refractivity contribution in [2.24, 2.45) is 0 Å². The molecule has 0 N–H and O–H groups in total. The lowest BCUT2D eigenvalue weighted by Crippen LogP contribution is -1.96. The molecule has 47 heavy (non-hydrogen) atoms. The maximum Gasteiger partial charge on any atom is 0.0562 e. The molecule has 0 saturated carbocycles. The minimum absolute atomic E-state index is 1.11. The van der Waals surface area contributed by atoms with Crippen LogP contribution in [0.25, 0.3) is 88.6 Å². The highest BCUT2D eigenvalue weighted by Crippen LogP contribution is 2.41. The Morgan fingerprint density at radius 1 is 0.319 bits per heavy atom. The zero-order valence-corrected chi connectivity index (χ0v) is 25.6. The molecular formula is C44H29N3. The standard InChI is InChI=1S/C44H29N3/c1-2-29-20-22-31(23-21-29)46-41-19-11-8-16-35(41)37-27-38-36-26-32(47-39-17-9-6-14-33(39)34-15-7-10-18-40(34)47)24-25-42(36)45(44(38)28-43(37)46)30-12-4-3-5-13-30/h2-28H,1H2. The van der Waals surface area contributed by atoms with E-state index >= 15 is 0 Å². The van der Waals surface area contributed by atoms with E-state index < -0.39 is 0 Å². The second-order valence-corrected chi connectivity index (χ2v) is 12.3. The number of fused-ring (bicyclic) bond motifs is 9. The fourth-order valence-corrected chi connectivity index (χ4v) is 7.70. The molecule has 3 aromatic heterocycles. The summed E-state index contributed by atoms with van der Waals surface area (Å²) in [4.78, 5) is 0. The lowest BCUT2D eigenvalue weighted by atomic mass is 10.1. The zero-order valence-electron chi connectivity index (χ0n) is 25.6. The molecule has 220 valence electrons. The van der Waals surface area contributed by atoms with Gasteiger partial charge in [0.1, 0.15) is 0 Å². The quantitative estimate of drug-likeness (QED) is 0.191. The molecule has 0 radical (unpaired) electrons. The van der Waals surface area contributed by atoms with Gasteiger partial charge in [0.25, 0.3) is 0 Å². The summed E-state index contributed by atoms with van der Waals surface area (Å²) in [5.41, 5.74) is 11.7. The van der Waals surface area contributed by atoms with Crippen molar-refractivity contribution in [1.82, 2.24) is 13.7 Å². The van der Waals surface area contributed by atoms with E-state index in [4.69, 9.17) is 0 Å². The molecule has 0 spiro atoms. The molecule has 0 fully saturated rings. The van der Waals surface area contributed by atoms with Crippen LogP contribution in [-0.2, 0) is 0 Å². The summed E-state index contributed by atoms with van der Waals surface area (Å²) in [5.74, 6) is 0. The predicted molar refractivity (Wildman–Crippen MR) is 200 cm³/mol. The maximum atomic E-state index is 3.96. The van der Waals surface area contributed by atoms with Crippen LogP contribution in [0.1, 0.15) is 5.56 Å². The van der Waals surface area contributed by atoms with E-state index in [1.165, 1.54) is 65.4 Å². The van der Waals surface area contributed by atoms with Crippen LogP contribution >= 0.6 is 0 Å². The Kier molecular flexibility index (Phi) is 5.43. The minimum atomic E-state index is 1.11. The number of hydrogen-bond donors (Lipinski definition) is 0. The maximum absolute atomic E-state index is 3.96. The average Bonchev–Trinajstić information content (AvgIpc) is 3.76. The van der Waals surface area contributed by atoms with E-state index in [2.05, 4.69) is 178 Å². The SMILES string of the molecule is C=Cc1ccc(-n2c3ccccc3c3cc4c5cc(-n6c7ccccc7c7ccccc76)ccc5n(-c5ccccc5)c4cc32)cc1. The average molecular weight is 600 g/mol. The predicted octanol–water partition coefficient (Wildman–Crippen LogP) is 11.6. The van der Waals surface area contributed by atoms with E-state index in [1.807, 2.05) is 6.08 Å². The van der Waals surface area contributed by atoms with Crippen LogP contribution in [0.15, 0.2) is 164 Å². The Balaban J connectivity index is 1.33. The first kappa shape index (κ1) is 26.0. The molecule has 0 aliphatic carbocycles. The van der Waals surface area contributed by atoms with Crippen LogP contribution < -0.4 is 0 Å². The second kappa shape index (κ2) is 9.84. The smallest absolute Gasteiger partial charge is 0.0562 e. The Morgan fingerprint density at radius 3 is 1.34 bits per heavy atom. The van der Waals surface area contributed by atoms with Gasteiger partial charge in [-0.05, 0) is 78.4 Å². The van der Waals surface area contributed by atoms with Gasteiger partial charge < -0.3 is 13.7 Å². The van der Waals surface area contributed by atoms with E-state index in [1.54, 1.807) is 0 Å². The van der Waals surface area contributed by atoms with Gasteiger partial charge in [0, 0.05) is 49.4 Å². The van der Waals surface area contributed by atoms with E-state index in [9.17, 15) is 0 Å². The summed E-state index contributed by atoms with van der Waals surface area (Å²) >= 11 is 0. The van der Waals surface area contributed by atoms with Gasteiger partial charge in [0.15, 0.2) is 0 Å². The van der Waals surface area contributed by atoms with Crippen molar-refractivity contribution in [3.05, 3.63) is 170 Å². The lowest BCUT2D eigenvalue weighted by molar-refractivity contribution is 1.16. The highest BCUT2D eigenvalue weighted by atomic mass is 15.0. The summed E-state index contributed by atoms with van der Waals surface area (Å²) in [6.07, 6.45) is 1.89. The van der Waals surface area contributed by atoms with Crippen molar-refractivity contribution in [2.45, 2.75) is 0 Å². The highest BCUT2D eigenvalue weighted by molar-refractivity contribution is 6.19. The molecular weight excluding hydrogens is 571 g/mol. The largest absolute Gasteiger partial charge is 0.309 e. The third kappa shape index (κ3) is 3.68. The Bertz CT molecular complexity index is 2790. The molecule has 3 heteroatoms. The Morgan fingerprint density at radius 2 is 0.745 bits per heavy atom. The van der Waals surface area contributed by atoms with Gasteiger partial charge in [-0.1, -0.05) is 97.6 Å². The van der Waals surface area contributed by atoms with E-state index in [-0.39, 0.29) is 0 Å². The fourth-order valence-electron chi connectivity index (χ4n) is 7.70. The molecule has 3 heterocycles. The van der Waals surface area contributed by atoms with Crippen LogP contribution in [-0.4, -0.2) is 13.7 Å². The van der Waals surface area contributed by atoms with Crippen LogP contribution in [0.5, 0.6) is 0 Å². The van der Waals surface area contributed by atoms with Gasteiger partial charge in [-0.15, -0.1) is 0 Å². The van der Waals surface area contributed by atoms with Crippen LogP contribution in [0.4, 0.5) is 0 Å². The highest BCUT2D eigenvalue weighted by Gasteiger charge is 2.20. The van der Waals surface area contributed by atoms with Crippen molar-refractivity contribution in [3.63, 3.8) is 0 Å². The molecule has 0 unspecified atom stereocenters. The van der Waals surface area contributed by atoms with Crippen molar-refractivity contribution >= 4 is 71.5 Å². The topological polar surface area (TPSA) is 14.8 Å². The molecule has 3 nitrogen and oxygen atoms in total. The first-order chi connectivity index (χ1) is 23.3. The second-order valence-electron chi connectivity index (χ2n) is 12.3. The first-order valence-electron chi connectivity index (χ1n) is 16.1. The molecule has 10 rings (SSSR count). The van der Waals surface area contributed by atoms with Gasteiger partial charge in [-0.2, -0.15) is 0 Å². The number of nitrogens with zero attached hydrogens (tertiary/aromatic N) is 3. The number of rotatable bonds is 4. The minimum Gasteiger partial charge on any atom is -0.309 e. The normalized spacial score (nSPS) is 11.9. The Hall–Kier alpha value is -6.32. The number of para-hydroxylation sites is 4. The molecule has 0 aliphatic rings. The van der Waals surface area contributed by atoms with Crippen molar-refractivity contribution in [2.75, 3.05) is 0 Å². The van der Waals surface area contributed by atoms with Gasteiger partial charge in [0.2, 0.25) is 0 Å². The van der Waals surface area contributed by atoms with E-state index in [0.29, 0.717) is 0 Å². The van der Waals surface area contributed by atoms with E-state index in [0.717, 1.165) is 22.6 Å². The van der Waals surface area contributed by atoms with Crippen molar-refractivity contribution < 1.29 is 0 Å². The van der Waals surface area contributed by atoms with Crippen LogP contribution in [0.3, 0.4) is 0 Å². The number of aromatic nitrogens is 3. The lowest BCUT2D eigenvalue weighted by Gasteiger charge is -2.11. The van der Waals surface area contributed by atoms with Crippen molar-refractivity contribution in [3.8, 4) is 17.1 Å². The van der Waals surface area contributed by atoms with Gasteiger partial charge in [-0.25, -0.2) is 0 Å². The zero-order chi connectivity index (χ0) is 31.1. The monoisotopic (exact) mass is 599 g/mol. The van der Waals surface area contributed by atoms with Crippen LogP contribution in [0.2, 0.25) is 0 Å². The summed E-state index contributed by atoms with van der Waals surface area (Å²) in [6.45, 7) is 3.96. The molecule has 0 aliphatic heterocycles. The molecule has 0 bridgehead atoms. The molecule has 10 aromatic rings. The summed E-state index contributed by atoms with van der Waals surface area (Å²) in [7, 11) is 0. The fraction of sp³-hybridized carbons (Fsp3) is 0. The number of hydrogen-bond acceptors (Lipinski definition) is 0. The summed E-state index contributed by atoms with van der Waals surface area (Å²) in [6, 6.07) is 57.3. The Labute approximate surface area is 271 Å². The van der Waals surface area contributed by atoms with Gasteiger partial charge in [0.05, 0.1) is 33.1 Å². The molecule has 0 atom stereocenters.